The second-order valence-electron chi connectivity index (χ2n) is 5.32. The molecule has 1 aliphatic rings. The van der Waals surface area contributed by atoms with Crippen molar-refractivity contribution in [2.24, 2.45) is 0 Å². The van der Waals surface area contributed by atoms with E-state index >= 15 is 0 Å². The molecule has 0 aromatic heterocycles. The number of nitrogens with zero attached hydrogens (tertiary/aromatic N) is 1. The number of benzene rings is 1. The molecule has 124 valence electrons. The molecule has 1 aromatic rings. The molecular weight excluding hydrogens is 328 g/mol. The van der Waals surface area contributed by atoms with Crippen LogP contribution >= 0.6 is 0 Å². The highest BCUT2D eigenvalue weighted by atomic mass is 32.2. The molecule has 22 heavy (non-hydrogen) atoms. The SMILES string of the molecule is COc1cc(N2CCCS2(=O)=O)ccc1NS(=O)(=O)C(C)C. The molecule has 0 atom stereocenters. The third-order valence-corrected chi connectivity index (χ3v) is 7.06. The lowest BCUT2D eigenvalue weighted by atomic mass is 10.2. The van der Waals surface area contributed by atoms with E-state index in [1.54, 1.807) is 19.9 Å². The van der Waals surface area contributed by atoms with Crippen molar-refractivity contribution in [3.63, 3.8) is 0 Å². The summed E-state index contributed by atoms with van der Waals surface area (Å²) in [6.07, 6.45) is 0.576. The van der Waals surface area contributed by atoms with Gasteiger partial charge in [0, 0.05) is 12.6 Å². The van der Waals surface area contributed by atoms with E-state index in [1.165, 1.54) is 23.5 Å². The van der Waals surface area contributed by atoms with Gasteiger partial charge >= 0.3 is 0 Å². The van der Waals surface area contributed by atoms with Crippen molar-refractivity contribution < 1.29 is 21.6 Å². The Labute approximate surface area is 131 Å². The van der Waals surface area contributed by atoms with Gasteiger partial charge in [0.15, 0.2) is 0 Å². The molecule has 2 rings (SSSR count). The highest BCUT2D eigenvalue weighted by Crippen LogP contribution is 2.33. The van der Waals surface area contributed by atoms with Crippen LogP contribution < -0.4 is 13.8 Å². The molecule has 1 N–H and O–H groups in total. The average Bonchev–Trinajstić information content (AvgIpc) is 2.78. The number of hydrogen-bond donors (Lipinski definition) is 1. The lowest BCUT2D eigenvalue weighted by Crippen LogP contribution is -2.25. The Bertz CT molecular complexity index is 757. The maximum atomic E-state index is 11.9. The van der Waals surface area contributed by atoms with Crippen LogP contribution in [0.2, 0.25) is 0 Å². The highest BCUT2D eigenvalue weighted by molar-refractivity contribution is 7.93. The van der Waals surface area contributed by atoms with Crippen LogP contribution in [0.3, 0.4) is 0 Å². The Morgan fingerprint density at radius 3 is 2.50 bits per heavy atom. The number of ether oxygens (including phenoxy) is 1. The van der Waals surface area contributed by atoms with Gasteiger partial charge in [-0.25, -0.2) is 16.8 Å². The van der Waals surface area contributed by atoms with Crippen LogP contribution in [0.4, 0.5) is 11.4 Å². The zero-order valence-corrected chi connectivity index (χ0v) is 14.4. The van der Waals surface area contributed by atoms with E-state index < -0.39 is 25.3 Å². The molecule has 1 aromatic carbocycles. The standard InChI is InChI=1S/C13H20N2O5S2/c1-10(2)22(18,19)14-12-6-5-11(9-13(12)20-3)15-7-4-8-21(15,16)17/h5-6,9-10,14H,4,7-8H2,1-3H3. The molecule has 1 aliphatic heterocycles. The number of rotatable bonds is 5. The van der Waals surface area contributed by atoms with Crippen LogP contribution in [-0.4, -0.2) is 41.5 Å². The predicted octanol–water partition coefficient (Wildman–Crippen LogP) is 1.39. The van der Waals surface area contributed by atoms with Gasteiger partial charge in [-0.1, -0.05) is 0 Å². The van der Waals surface area contributed by atoms with Crippen molar-refractivity contribution in [2.45, 2.75) is 25.5 Å². The van der Waals surface area contributed by atoms with Crippen molar-refractivity contribution in [3.8, 4) is 5.75 Å². The van der Waals surface area contributed by atoms with Gasteiger partial charge in [0.05, 0.1) is 29.5 Å². The highest BCUT2D eigenvalue weighted by Gasteiger charge is 2.29. The molecule has 9 heteroatoms. The van der Waals surface area contributed by atoms with Gasteiger partial charge in [-0.3, -0.25) is 9.03 Å². The minimum Gasteiger partial charge on any atom is -0.494 e. The van der Waals surface area contributed by atoms with Gasteiger partial charge in [0.1, 0.15) is 5.75 Å². The van der Waals surface area contributed by atoms with E-state index in [0.717, 1.165) is 0 Å². The van der Waals surface area contributed by atoms with E-state index in [1.807, 2.05) is 0 Å². The van der Waals surface area contributed by atoms with Crippen molar-refractivity contribution in [1.29, 1.82) is 0 Å². The molecule has 0 bridgehead atoms. The van der Waals surface area contributed by atoms with E-state index in [-0.39, 0.29) is 17.2 Å². The Kier molecular flexibility index (Phi) is 4.57. The normalized spacial score (nSPS) is 17.7. The van der Waals surface area contributed by atoms with Crippen LogP contribution in [0.15, 0.2) is 18.2 Å². The van der Waals surface area contributed by atoms with Crippen molar-refractivity contribution in [3.05, 3.63) is 18.2 Å². The number of sulfonamides is 2. The first-order valence-electron chi connectivity index (χ1n) is 6.87. The summed E-state index contributed by atoms with van der Waals surface area (Å²) in [4.78, 5) is 0. The van der Waals surface area contributed by atoms with Crippen LogP contribution in [0.5, 0.6) is 5.75 Å². The first kappa shape index (κ1) is 16.9. The van der Waals surface area contributed by atoms with Gasteiger partial charge in [-0.05, 0) is 32.4 Å². The largest absolute Gasteiger partial charge is 0.494 e. The summed E-state index contributed by atoms with van der Waals surface area (Å²) in [5.41, 5.74) is 0.762. The summed E-state index contributed by atoms with van der Waals surface area (Å²) in [6, 6.07) is 4.62. The number of hydrogen-bond acceptors (Lipinski definition) is 5. The van der Waals surface area contributed by atoms with Crippen molar-refractivity contribution >= 4 is 31.4 Å². The number of methoxy groups -OCH3 is 1. The summed E-state index contributed by atoms with van der Waals surface area (Å²) in [5.74, 6) is 0.403. The quantitative estimate of drug-likeness (QED) is 0.868. The molecule has 0 spiro atoms. The lowest BCUT2D eigenvalue weighted by molar-refractivity contribution is 0.417. The van der Waals surface area contributed by atoms with Gasteiger partial charge in [-0.15, -0.1) is 0 Å². The molecule has 0 amide bonds. The van der Waals surface area contributed by atoms with Crippen LogP contribution in [0, 0.1) is 0 Å². The maximum Gasteiger partial charge on any atom is 0.235 e. The van der Waals surface area contributed by atoms with E-state index in [9.17, 15) is 16.8 Å². The second kappa shape index (κ2) is 5.96. The summed E-state index contributed by atoms with van der Waals surface area (Å²) in [5, 5.41) is -0.587. The predicted molar refractivity (Wildman–Crippen MR) is 86.4 cm³/mol. The summed E-state index contributed by atoms with van der Waals surface area (Å²) < 4.78 is 56.7. The molecule has 1 heterocycles. The Hall–Kier alpha value is -1.48. The summed E-state index contributed by atoms with van der Waals surface area (Å²) in [7, 11) is -5.38. The van der Waals surface area contributed by atoms with Gasteiger partial charge in [0.2, 0.25) is 20.0 Å². The molecule has 0 unspecified atom stereocenters. The average molecular weight is 348 g/mol. The monoisotopic (exact) mass is 348 g/mol. The summed E-state index contributed by atoms with van der Waals surface area (Å²) >= 11 is 0. The third kappa shape index (κ3) is 3.30. The lowest BCUT2D eigenvalue weighted by Gasteiger charge is -2.19. The molecular formula is C13H20N2O5S2. The smallest absolute Gasteiger partial charge is 0.235 e. The van der Waals surface area contributed by atoms with E-state index in [0.29, 0.717) is 18.7 Å². The van der Waals surface area contributed by atoms with Crippen LogP contribution in [-0.2, 0) is 20.0 Å². The van der Waals surface area contributed by atoms with Crippen LogP contribution in [0.1, 0.15) is 20.3 Å². The number of nitrogens with one attached hydrogen (secondary N) is 1. The molecule has 1 saturated heterocycles. The summed E-state index contributed by atoms with van der Waals surface area (Å²) in [6.45, 7) is 3.56. The van der Waals surface area contributed by atoms with Gasteiger partial charge < -0.3 is 4.74 Å². The van der Waals surface area contributed by atoms with Gasteiger partial charge in [0.25, 0.3) is 0 Å². The first-order chi connectivity index (χ1) is 10.2. The molecule has 0 saturated carbocycles. The van der Waals surface area contributed by atoms with Crippen LogP contribution in [0.25, 0.3) is 0 Å². The van der Waals surface area contributed by atoms with E-state index in [4.69, 9.17) is 4.74 Å². The fourth-order valence-electron chi connectivity index (χ4n) is 2.12. The Balaban J connectivity index is 2.37. The Morgan fingerprint density at radius 1 is 1.32 bits per heavy atom. The topological polar surface area (TPSA) is 92.8 Å². The zero-order chi connectivity index (χ0) is 16.5. The Morgan fingerprint density at radius 2 is 2.00 bits per heavy atom. The number of anilines is 2. The third-order valence-electron chi connectivity index (χ3n) is 3.45. The minimum atomic E-state index is -3.50. The fourth-order valence-corrected chi connectivity index (χ4v) is 4.39. The molecule has 7 nitrogen and oxygen atoms in total. The van der Waals surface area contributed by atoms with Gasteiger partial charge in [-0.2, -0.15) is 0 Å². The first-order valence-corrected chi connectivity index (χ1v) is 10.0. The van der Waals surface area contributed by atoms with Crippen molar-refractivity contribution in [2.75, 3.05) is 28.4 Å². The zero-order valence-electron chi connectivity index (χ0n) is 12.7. The fraction of sp³-hybridized carbons (Fsp3) is 0.538. The molecule has 1 fully saturated rings. The molecule has 0 radical (unpaired) electrons. The maximum absolute atomic E-state index is 11.9. The van der Waals surface area contributed by atoms with E-state index in [2.05, 4.69) is 4.72 Å². The molecule has 0 aliphatic carbocycles. The minimum absolute atomic E-state index is 0.122. The second-order valence-corrected chi connectivity index (χ2v) is 9.57. The van der Waals surface area contributed by atoms with Crippen molar-refractivity contribution in [1.82, 2.24) is 0 Å².